The van der Waals surface area contributed by atoms with E-state index in [0.717, 1.165) is 24.0 Å². The number of alkyl carbamates (subject to hydrolysis) is 1. The average molecular weight is 601 g/mol. The van der Waals surface area contributed by atoms with Crippen molar-refractivity contribution in [2.75, 3.05) is 19.8 Å². The molecule has 3 N–H and O–H groups in total. The first-order chi connectivity index (χ1) is 20.7. The molecular formula is C30H37FN4O8. The number of ether oxygens (including phenoxy) is 2. The van der Waals surface area contributed by atoms with Gasteiger partial charge in [0.25, 0.3) is 0 Å². The van der Waals surface area contributed by atoms with E-state index < -0.39 is 67.0 Å². The highest BCUT2D eigenvalue weighted by molar-refractivity contribution is 5.96. The minimum Gasteiger partial charge on any atom is -0.479 e. The molecule has 232 valence electrons. The second-order valence-electron chi connectivity index (χ2n) is 11.5. The van der Waals surface area contributed by atoms with Crippen molar-refractivity contribution < 1.29 is 42.9 Å². The molecule has 5 atom stereocenters. The van der Waals surface area contributed by atoms with Crippen LogP contribution in [0.2, 0.25) is 0 Å². The van der Waals surface area contributed by atoms with Gasteiger partial charge in [0.1, 0.15) is 37.0 Å². The summed E-state index contributed by atoms with van der Waals surface area (Å²) in [6, 6.07) is 5.43. The van der Waals surface area contributed by atoms with E-state index >= 15 is 0 Å². The van der Waals surface area contributed by atoms with Gasteiger partial charge in [0.05, 0.1) is 6.54 Å². The number of benzene rings is 1. The topological polar surface area (TPSA) is 155 Å². The van der Waals surface area contributed by atoms with Crippen LogP contribution in [0.3, 0.4) is 0 Å². The summed E-state index contributed by atoms with van der Waals surface area (Å²) in [5, 5.41) is 15.2. The number of rotatable bonds is 5. The Bertz CT molecular complexity index is 1270. The Balaban J connectivity index is 1.35. The Hall–Kier alpha value is -4.16. The van der Waals surface area contributed by atoms with Crippen LogP contribution in [0.4, 0.5) is 14.0 Å². The van der Waals surface area contributed by atoms with Gasteiger partial charge in [0.15, 0.2) is 0 Å². The van der Waals surface area contributed by atoms with Crippen LogP contribution in [0.1, 0.15) is 56.1 Å². The Morgan fingerprint density at radius 3 is 2.56 bits per heavy atom. The maximum absolute atomic E-state index is 13.9. The number of allylic oxidation sites excluding steroid dienone is 1. The van der Waals surface area contributed by atoms with Crippen LogP contribution in [-0.2, 0) is 36.9 Å². The van der Waals surface area contributed by atoms with Crippen molar-refractivity contribution in [3.63, 3.8) is 0 Å². The van der Waals surface area contributed by atoms with Crippen molar-refractivity contribution >= 4 is 30.0 Å². The monoisotopic (exact) mass is 600 g/mol. The van der Waals surface area contributed by atoms with Gasteiger partial charge in [-0.1, -0.05) is 49.3 Å². The normalized spacial score (nSPS) is 29.6. The highest BCUT2D eigenvalue weighted by atomic mass is 19.1. The molecule has 0 radical (unpaired) electrons. The van der Waals surface area contributed by atoms with Crippen molar-refractivity contribution in [2.45, 2.75) is 81.8 Å². The maximum atomic E-state index is 13.9. The van der Waals surface area contributed by atoms with Crippen LogP contribution in [-0.4, -0.2) is 88.4 Å². The van der Waals surface area contributed by atoms with Gasteiger partial charge >= 0.3 is 18.2 Å². The number of carboxylic acid groups (broad SMARTS) is 1. The molecule has 1 aromatic carbocycles. The van der Waals surface area contributed by atoms with Gasteiger partial charge < -0.3 is 30.1 Å². The molecule has 0 unspecified atom stereocenters. The van der Waals surface area contributed by atoms with E-state index in [9.17, 15) is 33.5 Å². The molecule has 1 aromatic rings. The Kier molecular flexibility index (Phi) is 9.16. The number of hydrogen-bond acceptors (Lipinski definition) is 7. The van der Waals surface area contributed by atoms with Gasteiger partial charge in [0, 0.05) is 25.4 Å². The van der Waals surface area contributed by atoms with Crippen LogP contribution >= 0.6 is 0 Å². The van der Waals surface area contributed by atoms with E-state index in [1.54, 1.807) is 0 Å². The van der Waals surface area contributed by atoms with E-state index in [1.165, 1.54) is 9.80 Å². The van der Waals surface area contributed by atoms with E-state index in [2.05, 4.69) is 10.6 Å². The number of carboxylic acids is 1. The molecule has 5 rings (SSSR count). The average Bonchev–Trinajstić information content (AvgIpc) is 3.30. The zero-order valence-corrected chi connectivity index (χ0v) is 23.8. The van der Waals surface area contributed by atoms with Gasteiger partial charge in [-0.2, -0.15) is 0 Å². The summed E-state index contributed by atoms with van der Waals surface area (Å²) in [7, 11) is 0. The van der Waals surface area contributed by atoms with Crippen molar-refractivity contribution in [3.05, 3.63) is 47.5 Å². The maximum Gasteiger partial charge on any atom is 0.410 e. The lowest BCUT2D eigenvalue weighted by molar-refractivity contribution is -0.145. The minimum atomic E-state index is -1.48. The number of nitrogens with one attached hydrogen (secondary N) is 2. The summed E-state index contributed by atoms with van der Waals surface area (Å²) in [5.41, 5.74) is 0.536. The van der Waals surface area contributed by atoms with Crippen molar-refractivity contribution in [1.82, 2.24) is 20.4 Å². The van der Waals surface area contributed by atoms with Crippen LogP contribution in [0.25, 0.3) is 0 Å². The molecule has 2 fully saturated rings. The van der Waals surface area contributed by atoms with Crippen LogP contribution in [0.15, 0.2) is 36.4 Å². The van der Waals surface area contributed by atoms with E-state index in [-0.39, 0.29) is 31.7 Å². The molecule has 1 saturated carbocycles. The number of carbonyl (C=O) groups is 5. The lowest BCUT2D eigenvalue weighted by atomic mass is 10.1. The van der Waals surface area contributed by atoms with Crippen molar-refractivity contribution in [2.24, 2.45) is 5.92 Å². The summed E-state index contributed by atoms with van der Waals surface area (Å²) in [5.74, 6) is -2.81. The molecular weight excluding hydrogens is 563 g/mol. The van der Waals surface area contributed by atoms with Gasteiger partial charge in [-0.15, -0.1) is 0 Å². The molecule has 3 aliphatic heterocycles. The first kappa shape index (κ1) is 30.3. The van der Waals surface area contributed by atoms with E-state index in [4.69, 9.17) is 9.47 Å². The summed E-state index contributed by atoms with van der Waals surface area (Å²) >= 11 is 0. The van der Waals surface area contributed by atoms with Crippen LogP contribution in [0, 0.1) is 5.92 Å². The standard InChI is InChI=1S/C30H37FN4O8/c31-12-13-42-28(40)32-23-11-5-3-1-2-4-10-21-15-30(21,27(38)39)33-25(36)24-14-22(18-35(24)26(23)37)43-29(41)34-16-19-8-6-7-9-20(19)17-34/h4,6-10,21-24H,1-3,5,11-18H2,(H,32,40)(H,33,36)(H,38,39)/b10-4+/t21-,22-,23+,24+,30-/m1/s1. The molecule has 4 aliphatic rings. The fraction of sp³-hybridized carbons (Fsp3) is 0.567. The predicted molar refractivity (Wildman–Crippen MR) is 149 cm³/mol. The first-order valence-electron chi connectivity index (χ1n) is 14.8. The van der Waals surface area contributed by atoms with Crippen molar-refractivity contribution in [1.29, 1.82) is 0 Å². The number of fused-ring (bicyclic) bond motifs is 3. The first-order valence-corrected chi connectivity index (χ1v) is 14.8. The van der Waals surface area contributed by atoms with Crippen LogP contribution in [0.5, 0.6) is 0 Å². The molecule has 4 amide bonds. The largest absolute Gasteiger partial charge is 0.479 e. The molecule has 0 bridgehead atoms. The van der Waals surface area contributed by atoms with E-state index in [0.29, 0.717) is 25.9 Å². The molecule has 1 saturated heterocycles. The van der Waals surface area contributed by atoms with Gasteiger partial charge in [0.2, 0.25) is 11.8 Å². The lowest BCUT2D eigenvalue weighted by Crippen LogP contribution is -2.56. The number of hydrogen-bond donors (Lipinski definition) is 3. The third-order valence-electron chi connectivity index (χ3n) is 8.59. The smallest absolute Gasteiger partial charge is 0.410 e. The number of alkyl halides is 1. The molecule has 0 aromatic heterocycles. The second-order valence-corrected chi connectivity index (χ2v) is 11.5. The number of amides is 4. The van der Waals surface area contributed by atoms with Gasteiger partial charge in [-0.25, -0.2) is 18.8 Å². The molecule has 12 nitrogen and oxygen atoms in total. The number of nitrogens with zero attached hydrogens (tertiary/aromatic N) is 2. The summed E-state index contributed by atoms with van der Waals surface area (Å²) in [6.45, 7) is -0.723. The zero-order valence-electron chi connectivity index (χ0n) is 23.8. The number of aliphatic carboxylic acids is 1. The number of carbonyl (C=O) groups excluding carboxylic acids is 4. The summed E-state index contributed by atoms with van der Waals surface area (Å²) in [4.78, 5) is 67.9. The van der Waals surface area contributed by atoms with E-state index in [1.807, 2.05) is 36.4 Å². The Morgan fingerprint density at radius 2 is 1.86 bits per heavy atom. The molecule has 3 heterocycles. The lowest BCUT2D eigenvalue weighted by Gasteiger charge is -2.29. The third-order valence-corrected chi connectivity index (χ3v) is 8.59. The predicted octanol–water partition coefficient (Wildman–Crippen LogP) is 2.65. The molecule has 43 heavy (non-hydrogen) atoms. The fourth-order valence-corrected chi connectivity index (χ4v) is 6.14. The minimum absolute atomic E-state index is 0.0423. The number of halogens is 1. The van der Waals surface area contributed by atoms with Gasteiger partial charge in [-0.3, -0.25) is 14.5 Å². The molecule has 0 spiro atoms. The zero-order chi connectivity index (χ0) is 30.6. The van der Waals surface area contributed by atoms with Crippen molar-refractivity contribution in [3.8, 4) is 0 Å². The molecule has 13 heteroatoms. The summed E-state index contributed by atoms with van der Waals surface area (Å²) in [6.07, 6.45) is 4.57. The summed E-state index contributed by atoms with van der Waals surface area (Å²) < 4.78 is 23.1. The SMILES string of the molecule is O=C(N[C@H]1CCCCC/C=C/[C@@H]2C[C@@]2(C(=O)O)NC(=O)[C@@H]2C[C@@H](OC(=O)N3Cc4ccccc4C3)CN2C1=O)OCCF. The highest BCUT2D eigenvalue weighted by Crippen LogP contribution is 2.45. The van der Waals surface area contributed by atoms with Crippen LogP contribution < -0.4 is 10.6 Å². The Morgan fingerprint density at radius 1 is 1.12 bits per heavy atom. The quantitative estimate of drug-likeness (QED) is 0.436. The third kappa shape index (κ3) is 6.75. The Labute approximate surface area is 248 Å². The second kappa shape index (κ2) is 13.0. The fourth-order valence-electron chi connectivity index (χ4n) is 6.14. The highest BCUT2D eigenvalue weighted by Gasteiger charge is 2.61. The molecule has 1 aliphatic carbocycles. The van der Waals surface area contributed by atoms with Gasteiger partial charge in [-0.05, 0) is 36.8 Å².